The number of hydrogen-bond donors (Lipinski definition) is 0. The lowest BCUT2D eigenvalue weighted by molar-refractivity contribution is -0.660. The molecule has 4 heteroatoms. The Morgan fingerprint density at radius 1 is 0.921 bits per heavy atom. The lowest BCUT2D eigenvalue weighted by Gasteiger charge is -2.24. The van der Waals surface area contributed by atoms with Gasteiger partial charge in [-0.2, -0.15) is 9.83 Å². The minimum absolute atomic E-state index is 0.00611. The number of benzene rings is 3. The molecule has 0 N–H and O–H groups in total. The molecule has 0 radical (unpaired) electrons. The van der Waals surface area contributed by atoms with Gasteiger partial charge in [-0.25, -0.2) is 4.98 Å². The highest BCUT2D eigenvalue weighted by Gasteiger charge is 2.25. The monoisotopic (exact) mass is 518 g/mol. The van der Waals surface area contributed by atoms with Crippen LogP contribution in [0.1, 0.15) is 63.8 Å². The Hall–Kier alpha value is -3.55. The Balaban J connectivity index is 1.72. The second kappa shape index (κ2) is 9.33. The molecule has 0 spiro atoms. The fourth-order valence-corrected chi connectivity index (χ4v) is 6.46. The van der Waals surface area contributed by atoms with Crippen LogP contribution >= 0.6 is 11.3 Å². The Kier molecular flexibility index (Phi) is 6.40. The summed E-state index contributed by atoms with van der Waals surface area (Å²) in [4.78, 5) is 4.98. The maximum atomic E-state index is 10.1. The van der Waals surface area contributed by atoms with Crippen LogP contribution in [-0.4, -0.2) is 4.98 Å². The number of fused-ring (bicyclic) bond motifs is 2. The summed E-state index contributed by atoms with van der Waals surface area (Å²) in [5.41, 5.74) is 8.90. The van der Waals surface area contributed by atoms with Crippen LogP contribution < -0.4 is 4.57 Å². The number of rotatable bonds is 3. The van der Waals surface area contributed by atoms with Crippen LogP contribution in [0.5, 0.6) is 0 Å². The fraction of sp³-hybridized carbons (Fsp3) is 0.324. The summed E-state index contributed by atoms with van der Waals surface area (Å²) in [7, 11) is 2.03. The Morgan fingerprint density at radius 3 is 2.29 bits per heavy atom. The zero-order valence-electron chi connectivity index (χ0n) is 23.7. The highest BCUT2D eigenvalue weighted by atomic mass is 32.1. The molecule has 192 valence electrons. The molecule has 0 saturated heterocycles. The van der Waals surface area contributed by atoms with Gasteiger partial charge in [-0.15, -0.1) is 11.3 Å². The average Bonchev–Trinajstić information content (AvgIpc) is 3.26. The molecule has 0 saturated carbocycles. The first kappa shape index (κ1) is 26.1. The minimum Gasteiger partial charge on any atom is -0.236 e. The van der Waals surface area contributed by atoms with Crippen molar-refractivity contribution < 1.29 is 4.57 Å². The first-order valence-electron chi connectivity index (χ1n) is 13.2. The van der Waals surface area contributed by atoms with E-state index < -0.39 is 0 Å². The quantitative estimate of drug-likeness (QED) is 0.224. The van der Waals surface area contributed by atoms with E-state index in [1.165, 1.54) is 33.0 Å². The number of aryl methyl sites for hydroxylation is 2. The fourth-order valence-electron chi connectivity index (χ4n) is 5.40. The largest absolute Gasteiger partial charge is 0.236 e. The first-order valence-corrected chi connectivity index (χ1v) is 14.0. The molecule has 0 aliphatic heterocycles. The number of pyridine rings is 1. The third-order valence-corrected chi connectivity index (χ3v) is 8.26. The molecule has 38 heavy (non-hydrogen) atoms. The molecule has 0 bridgehead atoms. The topological polar surface area (TPSA) is 40.6 Å². The van der Waals surface area contributed by atoms with Crippen LogP contribution in [0.15, 0.2) is 60.8 Å². The summed E-state index contributed by atoms with van der Waals surface area (Å²) in [6.45, 7) is 15.8. The molecule has 0 amide bonds. The summed E-state index contributed by atoms with van der Waals surface area (Å²) in [6, 6.07) is 22.2. The lowest BCUT2D eigenvalue weighted by Crippen LogP contribution is -2.31. The van der Waals surface area contributed by atoms with Crippen molar-refractivity contribution in [1.29, 1.82) is 5.26 Å². The summed E-state index contributed by atoms with van der Waals surface area (Å²) < 4.78 is 3.25. The van der Waals surface area contributed by atoms with Crippen molar-refractivity contribution in [2.24, 2.45) is 12.5 Å². The van der Waals surface area contributed by atoms with Crippen LogP contribution in [0, 0.1) is 23.7 Å². The second-order valence-corrected chi connectivity index (χ2v) is 13.7. The van der Waals surface area contributed by atoms with Crippen LogP contribution in [0.2, 0.25) is 0 Å². The highest BCUT2D eigenvalue weighted by molar-refractivity contribution is 7.21. The first-order chi connectivity index (χ1) is 17.9. The summed E-state index contributed by atoms with van der Waals surface area (Å²) in [6.07, 6.45) is 2.97. The Morgan fingerprint density at radius 2 is 1.63 bits per heavy atom. The van der Waals surface area contributed by atoms with Gasteiger partial charge in [0.25, 0.3) is 0 Å². The van der Waals surface area contributed by atoms with Crippen molar-refractivity contribution in [2.75, 3.05) is 0 Å². The molecule has 0 unspecified atom stereocenters. The van der Waals surface area contributed by atoms with E-state index >= 15 is 0 Å². The van der Waals surface area contributed by atoms with Crippen molar-refractivity contribution in [2.45, 2.75) is 60.3 Å². The molecule has 0 fully saturated rings. The molecule has 5 aromatic rings. The van der Waals surface area contributed by atoms with E-state index in [0.29, 0.717) is 5.56 Å². The molecular weight excluding hydrogens is 482 g/mol. The van der Waals surface area contributed by atoms with E-state index in [4.69, 9.17) is 4.98 Å². The highest BCUT2D eigenvalue weighted by Crippen LogP contribution is 2.39. The molecule has 2 heterocycles. The van der Waals surface area contributed by atoms with Gasteiger partial charge in [0.2, 0.25) is 5.69 Å². The van der Waals surface area contributed by atoms with Crippen molar-refractivity contribution in [3.05, 3.63) is 83.0 Å². The summed E-state index contributed by atoms with van der Waals surface area (Å²) in [5.74, 6) is 0. The van der Waals surface area contributed by atoms with Gasteiger partial charge in [-0.3, -0.25) is 0 Å². The standard InChI is InChI=1S/C34H36N3S/c1-21-24-11-9-10-12-25(24)28(34(5,6)7)16-26(21)30-17-27(23(19-35)20-37(30)8)32-36-29-14-13-22(15-31(29)38-32)18-33(2,3)4/h9-17,20H,18H2,1-8H3/q+1. The van der Waals surface area contributed by atoms with E-state index in [-0.39, 0.29) is 10.8 Å². The van der Waals surface area contributed by atoms with E-state index in [9.17, 15) is 5.26 Å². The van der Waals surface area contributed by atoms with E-state index in [1.807, 2.05) is 13.2 Å². The molecule has 3 nitrogen and oxygen atoms in total. The van der Waals surface area contributed by atoms with Gasteiger partial charge in [-0.05, 0) is 69.8 Å². The maximum Gasteiger partial charge on any atom is 0.213 e. The van der Waals surface area contributed by atoms with Gasteiger partial charge in [0.05, 0.1) is 10.2 Å². The van der Waals surface area contributed by atoms with Crippen LogP contribution in [0.25, 0.3) is 42.8 Å². The normalized spacial score (nSPS) is 12.3. The number of nitriles is 1. The number of aromatic nitrogens is 2. The van der Waals surface area contributed by atoms with E-state index in [1.54, 1.807) is 11.3 Å². The van der Waals surface area contributed by atoms with Crippen molar-refractivity contribution >= 4 is 32.3 Å². The van der Waals surface area contributed by atoms with Gasteiger partial charge < -0.3 is 0 Å². The second-order valence-electron chi connectivity index (χ2n) is 12.7. The number of thiazole rings is 1. The van der Waals surface area contributed by atoms with Gasteiger partial charge >= 0.3 is 0 Å². The van der Waals surface area contributed by atoms with Gasteiger partial charge in [0.1, 0.15) is 23.7 Å². The van der Waals surface area contributed by atoms with Gasteiger partial charge in [0.15, 0.2) is 6.20 Å². The summed E-state index contributed by atoms with van der Waals surface area (Å²) >= 11 is 1.67. The van der Waals surface area contributed by atoms with Crippen LogP contribution in [0.3, 0.4) is 0 Å². The Labute approximate surface area is 230 Å². The zero-order valence-corrected chi connectivity index (χ0v) is 24.5. The average molecular weight is 519 g/mol. The van der Waals surface area contributed by atoms with E-state index in [0.717, 1.165) is 32.9 Å². The van der Waals surface area contributed by atoms with Gasteiger partial charge in [-0.1, -0.05) is 71.9 Å². The molecule has 0 aliphatic rings. The molecular formula is C34H36N3S+. The van der Waals surface area contributed by atoms with Crippen LogP contribution in [-0.2, 0) is 18.9 Å². The third-order valence-electron chi connectivity index (χ3n) is 7.21. The van der Waals surface area contributed by atoms with E-state index in [2.05, 4.69) is 114 Å². The molecule has 0 atom stereocenters. The Bertz CT molecular complexity index is 1740. The van der Waals surface area contributed by atoms with Crippen molar-refractivity contribution in [3.8, 4) is 27.9 Å². The third kappa shape index (κ3) is 4.84. The van der Waals surface area contributed by atoms with Crippen molar-refractivity contribution in [3.63, 3.8) is 0 Å². The van der Waals surface area contributed by atoms with Crippen molar-refractivity contribution in [1.82, 2.24) is 4.98 Å². The zero-order chi connectivity index (χ0) is 27.4. The SMILES string of the molecule is Cc1c(-c2cc(-c3nc4ccc(CC(C)(C)C)cc4s3)c(C#N)c[n+]2C)cc(C(C)(C)C)c2ccccc12. The predicted octanol–water partition coefficient (Wildman–Crippen LogP) is 8.67. The maximum absolute atomic E-state index is 10.1. The minimum atomic E-state index is -0.00611. The molecule has 3 aromatic carbocycles. The number of nitrogens with zero attached hydrogens (tertiary/aromatic N) is 3. The lowest BCUT2D eigenvalue weighted by atomic mass is 9.80. The summed E-state index contributed by atoms with van der Waals surface area (Å²) in [5, 5.41) is 13.5. The molecule has 2 aromatic heterocycles. The molecule has 0 aliphatic carbocycles. The van der Waals surface area contributed by atoms with Gasteiger partial charge in [0, 0.05) is 17.2 Å². The molecule has 5 rings (SSSR count). The smallest absolute Gasteiger partial charge is 0.213 e. The predicted molar refractivity (Wildman–Crippen MR) is 160 cm³/mol. The van der Waals surface area contributed by atoms with Crippen LogP contribution in [0.4, 0.5) is 0 Å². The number of hydrogen-bond acceptors (Lipinski definition) is 3.